The summed E-state index contributed by atoms with van der Waals surface area (Å²) in [5.74, 6) is -0.120. The van der Waals surface area contributed by atoms with E-state index in [0.29, 0.717) is 25.8 Å². The van der Waals surface area contributed by atoms with E-state index >= 15 is 0 Å². The van der Waals surface area contributed by atoms with E-state index in [1.54, 1.807) is 12.4 Å². The van der Waals surface area contributed by atoms with Gasteiger partial charge in [0.2, 0.25) is 5.91 Å². The van der Waals surface area contributed by atoms with Gasteiger partial charge in [0.15, 0.2) is 0 Å². The molecule has 0 bridgehead atoms. The minimum atomic E-state index is -4.18. The zero-order valence-electron chi connectivity index (χ0n) is 11.6. The van der Waals surface area contributed by atoms with Gasteiger partial charge in [-0.3, -0.25) is 14.7 Å². The number of alkyl halides is 3. The Kier molecular flexibility index (Phi) is 5.17. The van der Waals surface area contributed by atoms with E-state index in [-0.39, 0.29) is 18.5 Å². The maximum Gasteiger partial charge on any atom is 0.401 e. The molecule has 2 rings (SSSR count). The highest BCUT2D eigenvalue weighted by atomic mass is 19.4. The van der Waals surface area contributed by atoms with Crippen LogP contribution in [0, 0.1) is 0 Å². The van der Waals surface area contributed by atoms with Crippen LogP contribution in [0.3, 0.4) is 0 Å². The highest BCUT2D eigenvalue weighted by Crippen LogP contribution is 2.20. The standard InChI is InChI=1S/C14H18F3N3O/c15-14(16,17)10-20-8-5-12(9-20)19-13(21)2-1-11-3-6-18-7-4-11/h3-4,6-7,12H,1-2,5,8-10H2,(H,19,21). The van der Waals surface area contributed by atoms with Crippen molar-refractivity contribution in [2.45, 2.75) is 31.5 Å². The van der Waals surface area contributed by atoms with Crippen molar-refractivity contribution in [1.29, 1.82) is 0 Å². The Morgan fingerprint density at radius 3 is 2.76 bits per heavy atom. The molecule has 0 saturated carbocycles. The Hall–Kier alpha value is -1.63. The third-order valence-corrected chi connectivity index (χ3v) is 3.43. The van der Waals surface area contributed by atoms with Gasteiger partial charge >= 0.3 is 6.18 Å². The van der Waals surface area contributed by atoms with Crippen molar-refractivity contribution in [1.82, 2.24) is 15.2 Å². The van der Waals surface area contributed by atoms with Crippen LogP contribution in [0.5, 0.6) is 0 Å². The molecule has 1 aliphatic rings. The van der Waals surface area contributed by atoms with E-state index in [1.165, 1.54) is 4.90 Å². The molecular weight excluding hydrogens is 283 g/mol. The molecule has 2 heterocycles. The van der Waals surface area contributed by atoms with Crippen molar-refractivity contribution in [3.05, 3.63) is 30.1 Å². The molecule has 1 N–H and O–H groups in total. The Labute approximate surface area is 121 Å². The van der Waals surface area contributed by atoms with Crippen LogP contribution < -0.4 is 5.32 Å². The molecule has 7 heteroatoms. The van der Waals surface area contributed by atoms with Crippen molar-refractivity contribution in [2.24, 2.45) is 0 Å². The van der Waals surface area contributed by atoms with Gasteiger partial charge in [-0.1, -0.05) is 0 Å². The fourth-order valence-corrected chi connectivity index (χ4v) is 2.45. The maximum absolute atomic E-state index is 12.3. The SMILES string of the molecule is O=C(CCc1ccncc1)NC1CCN(CC(F)(F)F)C1. The molecule has 1 atom stereocenters. The number of carbonyl (C=O) groups is 1. The van der Waals surface area contributed by atoms with Crippen LogP contribution in [-0.2, 0) is 11.2 Å². The van der Waals surface area contributed by atoms with Gasteiger partial charge in [0.05, 0.1) is 6.54 Å². The Morgan fingerprint density at radius 2 is 2.10 bits per heavy atom. The molecule has 0 aliphatic carbocycles. The maximum atomic E-state index is 12.3. The lowest BCUT2D eigenvalue weighted by molar-refractivity contribution is -0.143. The van der Waals surface area contributed by atoms with Crippen LogP contribution in [0.1, 0.15) is 18.4 Å². The Balaban J connectivity index is 1.69. The topological polar surface area (TPSA) is 45.2 Å². The minimum absolute atomic E-state index is 0.120. The first kappa shape index (κ1) is 15.8. The van der Waals surface area contributed by atoms with Crippen LogP contribution in [-0.4, -0.2) is 47.6 Å². The van der Waals surface area contributed by atoms with E-state index in [0.717, 1.165) is 5.56 Å². The molecule has 1 aromatic rings. The van der Waals surface area contributed by atoms with Gasteiger partial charge in [-0.15, -0.1) is 0 Å². The van der Waals surface area contributed by atoms with Crippen molar-refractivity contribution >= 4 is 5.91 Å². The van der Waals surface area contributed by atoms with Crippen LogP contribution in [0.2, 0.25) is 0 Å². The Bertz CT molecular complexity index is 464. The minimum Gasteiger partial charge on any atom is -0.352 e. The summed E-state index contributed by atoms with van der Waals surface area (Å²) >= 11 is 0. The molecular formula is C14H18F3N3O. The van der Waals surface area contributed by atoms with Gasteiger partial charge in [0.25, 0.3) is 0 Å². The Morgan fingerprint density at radius 1 is 1.38 bits per heavy atom. The predicted molar refractivity (Wildman–Crippen MR) is 71.6 cm³/mol. The van der Waals surface area contributed by atoms with Crippen molar-refractivity contribution in [2.75, 3.05) is 19.6 Å². The van der Waals surface area contributed by atoms with Crippen LogP contribution in [0.15, 0.2) is 24.5 Å². The number of aromatic nitrogens is 1. The van der Waals surface area contributed by atoms with Gasteiger partial charge in [-0.2, -0.15) is 13.2 Å². The quantitative estimate of drug-likeness (QED) is 0.901. The fourth-order valence-electron chi connectivity index (χ4n) is 2.45. The summed E-state index contributed by atoms with van der Waals surface area (Å²) in [6.45, 7) is -0.272. The second-order valence-electron chi connectivity index (χ2n) is 5.26. The lowest BCUT2D eigenvalue weighted by Crippen LogP contribution is -2.39. The van der Waals surface area contributed by atoms with E-state index in [2.05, 4.69) is 10.3 Å². The predicted octanol–water partition coefficient (Wildman–Crippen LogP) is 1.77. The molecule has 0 aromatic carbocycles. The second-order valence-corrected chi connectivity index (χ2v) is 5.26. The number of hydrogen-bond acceptors (Lipinski definition) is 3. The molecule has 1 aliphatic heterocycles. The molecule has 1 aromatic heterocycles. The summed E-state index contributed by atoms with van der Waals surface area (Å²) in [7, 11) is 0. The molecule has 116 valence electrons. The molecule has 4 nitrogen and oxygen atoms in total. The molecule has 0 spiro atoms. The average Bonchev–Trinajstić information content (AvgIpc) is 2.82. The number of likely N-dealkylation sites (tertiary alicyclic amines) is 1. The first-order chi connectivity index (χ1) is 9.92. The zero-order chi connectivity index (χ0) is 15.3. The summed E-state index contributed by atoms with van der Waals surface area (Å²) < 4.78 is 36.8. The summed E-state index contributed by atoms with van der Waals surface area (Å²) in [4.78, 5) is 17.0. The van der Waals surface area contributed by atoms with Gasteiger partial charge in [-0.25, -0.2) is 0 Å². The van der Waals surface area contributed by atoms with E-state index in [9.17, 15) is 18.0 Å². The van der Waals surface area contributed by atoms with E-state index in [4.69, 9.17) is 0 Å². The van der Waals surface area contributed by atoms with Crippen LogP contribution in [0.4, 0.5) is 13.2 Å². The normalized spacial score (nSPS) is 19.7. The van der Waals surface area contributed by atoms with Crippen molar-refractivity contribution < 1.29 is 18.0 Å². The zero-order valence-corrected chi connectivity index (χ0v) is 11.6. The monoisotopic (exact) mass is 301 g/mol. The van der Waals surface area contributed by atoms with E-state index < -0.39 is 12.7 Å². The molecule has 1 amide bonds. The number of halogens is 3. The molecule has 0 radical (unpaired) electrons. The molecule has 1 unspecified atom stereocenters. The summed E-state index contributed by atoms with van der Waals surface area (Å²) in [5.41, 5.74) is 1.02. The molecule has 1 saturated heterocycles. The van der Waals surface area contributed by atoms with Gasteiger partial charge < -0.3 is 5.32 Å². The number of aryl methyl sites for hydroxylation is 1. The summed E-state index contributed by atoms with van der Waals surface area (Å²) in [6.07, 6.45) is 0.656. The molecule has 1 fully saturated rings. The lowest BCUT2D eigenvalue weighted by Gasteiger charge is -2.18. The van der Waals surface area contributed by atoms with Gasteiger partial charge in [0, 0.05) is 37.9 Å². The van der Waals surface area contributed by atoms with Crippen LogP contribution in [0.25, 0.3) is 0 Å². The van der Waals surface area contributed by atoms with Crippen molar-refractivity contribution in [3.8, 4) is 0 Å². The lowest BCUT2D eigenvalue weighted by atomic mass is 10.1. The van der Waals surface area contributed by atoms with Gasteiger partial charge in [0.1, 0.15) is 0 Å². The van der Waals surface area contributed by atoms with Crippen molar-refractivity contribution in [3.63, 3.8) is 0 Å². The first-order valence-electron chi connectivity index (χ1n) is 6.90. The highest BCUT2D eigenvalue weighted by Gasteiger charge is 2.34. The number of rotatable bonds is 5. The first-order valence-corrected chi connectivity index (χ1v) is 6.90. The smallest absolute Gasteiger partial charge is 0.352 e. The largest absolute Gasteiger partial charge is 0.401 e. The number of nitrogens with zero attached hydrogens (tertiary/aromatic N) is 2. The number of amides is 1. The number of hydrogen-bond donors (Lipinski definition) is 1. The number of carbonyl (C=O) groups excluding carboxylic acids is 1. The average molecular weight is 301 g/mol. The third kappa shape index (κ3) is 5.71. The second kappa shape index (κ2) is 6.89. The number of nitrogens with one attached hydrogen (secondary N) is 1. The third-order valence-electron chi connectivity index (χ3n) is 3.43. The molecule has 21 heavy (non-hydrogen) atoms. The number of pyridine rings is 1. The van der Waals surface area contributed by atoms with Gasteiger partial charge in [-0.05, 0) is 30.5 Å². The summed E-state index contributed by atoms with van der Waals surface area (Å²) in [6, 6.07) is 3.50. The summed E-state index contributed by atoms with van der Waals surface area (Å²) in [5, 5.41) is 2.80. The van der Waals surface area contributed by atoms with E-state index in [1.807, 2.05) is 12.1 Å². The highest BCUT2D eigenvalue weighted by molar-refractivity contribution is 5.76. The van der Waals surface area contributed by atoms with Crippen LogP contribution >= 0.6 is 0 Å². The fraction of sp³-hybridized carbons (Fsp3) is 0.571.